The first kappa shape index (κ1) is 21.6. The van der Waals surface area contributed by atoms with Crippen molar-refractivity contribution in [1.82, 2.24) is 4.90 Å². The number of carbonyl (C=O) groups excluding carboxylic acids is 1. The highest BCUT2D eigenvalue weighted by Gasteiger charge is 2.43. The second-order valence-corrected chi connectivity index (χ2v) is 9.26. The van der Waals surface area contributed by atoms with Crippen LogP contribution in [0.5, 0.6) is 11.5 Å². The molecule has 4 rings (SSSR count). The third-order valence-electron chi connectivity index (χ3n) is 6.15. The molecule has 1 aliphatic carbocycles. The van der Waals surface area contributed by atoms with Gasteiger partial charge >= 0.3 is 0 Å². The summed E-state index contributed by atoms with van der Waals surface area (Å²) in [6, 6.07) is 16.0. The Morgan fingerprint density at radius 2 is 1.84 bits per heavy atom. The van der Waals surface area contributed by atoms with Crippen molar-refractivity contribution < 1.29 is 14.3 Å². The van der Waals surface area contributed by atoms with Crippen molar-refractivity contribution >= 4 is 29.4 Å². The Balaban J connectivity index is 1.68. The van der Waals surface area contributed by atoms with E-state index >= 15 is 0 Å². The summed E-state index contributed by atoms with van der Waals surface area (Å²) in [4.78, 5) is 16.4. The average Bonchev–Trinajstić information content (AvgIpc) is 3.09. The summed E-state index contributed by atoms with van der Waals surface area (Å²) in [5.41, 5.74) is 1.72. The number of ether oxygens (including phenoxy) is 2. The van der Waals surface area contributed by atoms with E-state index in [0.29, 0.717) is 5.92 Å². The zero-order valence-corrected chi connectivity index (χ0v) is 19.2. The Bertz CT molecular complexity index is 947. The zero-order valence-electron chi connectivity index (χ0n) is 18.3. The molecular formula is C25H30N2O3S. The van der Waals surface area contributed by atoms with Crippen LogP contribution in [0.15, 0.2) is 53.4 Å². The number of methoxy groups -OCH3 is 2. The number of hydrogen-bond donors (Lipinski definition) is 1. The van der Waals surface area contributed by atoms with Gasteiger partial charge in [0.05, 0.1) is 19.1 Å². The second-order valence-electron chi connectivity index (χ2n) is 8.14. The number of benzene rings is 2. The predicted molar refractivity (Wildman–Crippen MR) is 127 cm³/mol. The molecule has 2 aromatic rings. The summed E-state index contributed by atoms with van der Waals surface area (Å²) in [6.07, 6.45) is 6.56. The van der Waals surface area contributed by atoms with Crippen LogP contribution in [0.25, 0.3) is 6.08 Å². The van der Waals surface area contributed by atoms with E-state index in [9.17, 15) is 4.79 Å². The van der Waals surface area contributed by atoms with Crippen molar-refractivity contribution in [2.24, 2.45) is 5.92 Å². The normalized spacial score (nSPS) is 25.0. The quantitative estimate of drug-likeness (QED) is 0.596. The number of anilines is 1. The largest absolute Gasteiger partial charge is 0.497 e. The van der Waals surface area contributed by atoms with Gasteiger partial charge < -0.3 is 19.7 Å². The maximum absolute atomic E-state index is 13.6. The third kappa shape index (κ3) is 4.69. The summed E-state index contributed by atoms with van der Waals surface area (Å²) in [6.45, 7) is 2.27. The molecule has 1 amide bonds. The molecule has 1 saturated heterocycles. The molecule has 3 atom stereocenters. The topological polar surface area (TPSA) is 50.8 Å². The third-order valence-corrected chi connectivity index (χ3v) is 7.26. The van der Waals surface area contributed by atoms with E-state index in [4.69, 9.17) is 9.47 Å². The van der Waals surface area contributed by atoms with Gasteiger partial charge in [0.15, 0.2) is 5.50 Å². The number of carbonyl (C=O) groups is 1. The van der Waals surface area contributed by atoms with E-state index in [1.54, 1.807) is 26.0 Å². The standard InChI is InChI=1S/C25H30N2O3S/c1-17-9-7-8-12-21(17)27-24(28)23(31-25(27)26-19-10-5-4-6-11-19)16-18-15-20(29-2)13-14-22(18)30-3/h4-6,10-11,13-17,21,25-26H,7-9,12H2,1-3H3/b23-16-/t17-,21-,25?/m1/s1. The highest BCUT2D eigenvalue weighted by molar-refractivity contribution is 8.05. The lowest BCUT2D eigenvalue weighted by Gasteiger charge is -2.39. The molecule has 2 aliphatic rings. The molecule has 1 aliphatic heterocycles. The molecule has 2 fully saturated rings. The van der Waals surface area contributed by atoms with E-state index < -0.39 is 0 Å². The van der Waals surface area contributed by atoms with Crippen molar-refractivity contribution in [3.05, 3.63) is 59.0 Å². The molecule has 2 aromatic carbocycles. The predicted octanol–water partition coefficient (Wildman–Crippen LogP) is 5.59. The Hall–Kier alpha value is -2.60. The Morgan fingerprint density at radius 1 is 1.06 bits per heavy atom. The minimum absolute atomic E-state index is 0.0852. The first-order valence-electron chi connectivity index (χ1n) is 10.9. The summed E-state index contributed by atoms with van der Waals surface area (Å²) in [7, 11) is 3.28. The highest BCUT2D eigenvalue weighted by atomic mass is 32.2. The lowest BCUT2D eigenvalue weighted by molar-refractivity contribution is -0.129. The maximum atomic E-state index is 13.6. The van der Waals surface area contributed by atoms with E-state index in [1.165, 1.54) is 19.3 Å². The van der Waals surface area contributed by atoms with Crippen molar-refractivity contribution in [3.63, 3.8) is 0 Å². The van der Waals surface area contributed by atoms with E-state index in [2.05, 4.69) is 17.1 Å². The van der Waals surface area contributed by atoms with Gasteiger partial charge in [-0.1, -0.05) is 49.7 Å². The lowest BCUT2D eigenvalue weighted by atomic mass is 9.85. The van der Waals surface area contributed by atoms with Crippen molar-refractivity contribution in [1.29, 1.82) is 0 Å². The number of nitrogens with zero attached hydrogens (tertiary/aromatic N) is 1. The molecule has 1 unspecified atom stereocenters. The van der Waals surface area contributed by atoms with Gasteiger partial charge in [0, 0.05) is 17.3 Å². The Labute approximate surface area is 188 Å². The Morgan fingerprint density at radius 3 is 2.55 bits per heavy atom. The fourth-order valence-electron chi connectivity index (χ4n) is 4.46. The minimum atomic E-state index is -0.136. The smallest absolute Gasteiger partial charge is 0.262 e. The maximum Gasteiger partial charge on any atom is 0.262 e. The van der Waals surface area contributed by atoms with Crippen molar-refractivity contribution in [2.75, 3.05) is 19.5 Å². The van der Waals surface area contributed by atoms with Gasteiger partial charge in [-0.2, -0.15) is 0 Å². The van der Waals surface area contributed by atoms with Crippen LogP contribution >= 0.6 is 11.8 Å². The fraction of sp³-hybridized carbons (Fsp3) is 0.400. The summed E-state index contributed by atoms with van der Waals surface area (Å²) < 4.78 is 10.9. The first-order chi connectivity index (χ1) is 15.1. The van der Waals surface area contributed by atoms with Gasteiger partial charge in [-0.05, 0) is 55.2 Å². The molecular weight excluding hydrogens is 408 g/mol. The average molecular weight is 439 g/mol. The van der Waals surface area contributed by atoms with Gasteiger partial charge in [-0.3, -0.25) is 4.79 Å². The molecule has 0 radical (unpaired) electrons. The zero-order chi connectivity index (χ0) is 21.8. The summed E-state index contributed by atoms with van der Waals surface area (Å²) >= 11 is 1.57. The minimum Gasteiger partial charge on any atom is -0.497 e. The number of para-hydroxylation sites is 1. The monoisotopic (exact) mass is 438 g/mol. The molecule has 31 heavy (non-hydrogen) atoms. The molecule has 5 nitrogen and oxygen atoms in total. The van der Waals surface area contributed by atoms with E-state index in [0.717, 1.165) is 34.1 Å². The number of thioether (sulfide) groups is 1. The molecule has 0 aromatic heterocycles. The van der Waals surface area contributed by atoms with Crippen LogP contribution in [0.4, 0.5) is 5.69 Å². The second kappa shape index (κ2) is 9.69. The summed E-state index contributed by atoms with van der Waals surface area (Å²) in [5, 5.41) is 3.58. The molecule has 164 valence electrons. The van der Waals surface area contributed by atoms with Gasteiger partial charge in [0.1, 0.15) is 11.5 Å². The molecule has 0 spiro atoms. The molecule has 1 N–H and O–H groups in total. The van der Waals surface area contributed by atoms with Gasteiger partial charge in [-0.15, -0.1) is 0 Å². The van der Waals surface area contributed by atoms with Crippen LogP contribution in [0, 0.1) is 5.92 Å². The van der Waals surface area contributed by atoms with Gasteiger partial charge in [0.25, 0.3) is 5.91 Å². The van der Waals surface area contributed by atoms with E-state index in [-0.39, 0.29) is 17.4 Å². The number of nitrogens with one attached hydrogen (secondary N) is 1. The first-order valence-corrected chi connectivity index (χ1v) is 11.7. The van der Waals surface area contributed by atoms with Crippen molar-refractivity contribution in [2.45, 2.75) is 44.1 Å². The summed E-state index contributed by atoms with van der Waals surface area (Å²) in [5.74, 6) is 2.03. The van der Waals surface area contributed by atoms with Crippen LogP contribution in [0.1, 0.15) is 38.2 Å². The Kier molecular flexibility index (Phi) is 6.76. The van der Waals surface area contributed by atoms with Gasteiger partial charge in [0.2, 0.25) is 0 Å². The van der Waals surface area contributed by atoms with Crippen molar-refractivity contribution in [3.8, 4) is 11.5 Å². The molecule has 1 heterocycles. The highest BCUT2D eigenvalue weighted by Crippen LogP contribution is 2.43. The van der Waals surface area contributed by atoms with Gasteiger partial charge in [-0.25, -0.2) is 0 Å². The SMILES string of the molecule is COc1ccc(OC)c(/C=C2\SC(Nc3ccccc3)N([C@@H]3CCCC[C@H]3C)C2=O)c1. The molecule has 1 saturated carbocycles. The number of hydrogen-bond acceptors (Lipinski definition) is 5. The number of amides is 1. The van der Waals surface area contributed by atoms with Crippen LogP contribution in [-0.4, -0.2) is 36.6 Å². The van der Waals surface area contributed by atoms with Crippen LogP contribution in [0.2, 0.25) is 0 Å². The fourth-order valence-corrected chi connectivity index (χ4v) is 5.66. The van der Waals surface area contributed by atoms with E-state index in [1.807, 2.05) is 54.6 Å². The number of rotatable bonds is 6. The molecule has 0 bridgehead atoms. The van der Waals surface area contributed by atoms with Crippen LogP contribution in [-0.2, 0) is 4.79 Å². The van der Waals surface area contributed by atoms with Crippen LogP contribution < -0.4 is 14.8 Å². The lowest BCUT2D eigenvalue weighted by Crippen LogP contribution is -2.48. The molecule has 6 heteroatoms. The van der Waals surface area contributed by atoms with Crippen LogP contribution in [0.3, 0.4) is 0 Å².